The standard InChI is InChI=1S/C25H32N2O6S/c1-31-20-7-9-22-18(16-20)4-3-5-23(22)26-25(28)11-6-19-17-21(8-10-24(19)32-2)34(29,30)27-12-14-33-15-13-27/h7-10,16-17,23H,3-6,11-15H2,1-2H3,(H,26,28)/t23-/m1/s1. The SMILES string of the molecule is COc1ccc2c(c1)CCC[C@H]2NC(=O)CCc1cc(S(=O)(=O)N2CCOCC2)ccc1OC. The number of rotatable bonds is 8. The second-order valence-corrected chi connectivity index (χ2v) is 10.5. The molecule has 0 radical (unpaired) electrons. The molecule has 1 amide bonds. The zero-order chi connectivity index (χ0) is 24.1. The van der Waals surface area contributed by atoms with Crippen LogP contribution in [0.5, 0.6) is 11.5 Å². The molecule has 0 bridgehead atoms. The fourth-order valence-corrected chi connectivity index (χ4v) is 6.09. The van der Waals surface area contributed by atoms with Crippen molar-refractivity contribution in [3.8, 4) is 11.5 Å². The van der Waals surface area contributed by atoms with E-state index >= 15 is 0 Å². The van der Waals surface area contributed by atoms with E-state index < -0.39 is 10.0 Å². The van der Waals surface area contributed by atoms with E-state index in [9.17, 15) is 13.2 Å². The van der Waals surface area contributed by atoms with E-state index in [2.05, 4.69) is 5.32 Å². The van der Waals surface area contributed by atoms with Gasteiger partial charge in [0.2, 0.25) is 15.9 Å². The van der Waals surface area contributed by atoms with Crippen molar-refractivity contribution in [2.24, 2.45) is 0 Å². The Hall–Kier alpha value is -2.62. The molecule has 184 valence electrons. The van der Waals surface area contributed by atoms with Crippen LogP contribution in [-0.4, -0.2) is 59.2 Å². The monoisotopic (exact) mass is 488 g/mol. The lowest BCUT2D eigenvalue weighted by Crippen LogP contribution is -2.40. The van der Waals surface area contributed by atoms with E-state index in [1.807, 2.05) is 18.2 Å². The summed E-state index contributed by atoms with van der Waals surface area (Å²) < 4.78 is 43.6. The summed E-state index contributed by atoms with van der Waals surface area (Å²) in [5.41, 5.74) is 3.04. The summed E-state index contributed by atoms with van der Waals surface area (Å²) in [5, 5.41) is 3.16. The van der Waals surface area contributed by atoms with Gasteiger partial charge in [0.05, 0.1) is 38.4 Å². The zero-order valence-electron chi connectivity index (χ0n) is 19.7. The lowest BCUT2D eigenvalue weighted by Gasteiger charge is -2.27. The lowest BCUT2D eigenvalue weighted by molar-refractivity contribution is -0.121. The van der Waals surface area contributed by atoms with Crippen LogP contribution in [-0.2, 0) is 32.4 Å². The number of sulfonamides is 1. The quantitative estimate of drug-likeness (QED) is 0.614. The second kappa shape index (κ2) is 10.8. The molecule has 2 aliphatic rings. The predicted molar refractivity (Wildman–Crippen MR) is 128 cm³/mol. The molecular formula is C25H32N2O6S. The molecule has 1 aliphatic carbocycles. The smallest absolute Gasteiger partial charge is 0.243 e. The van der Waals surface area contributed by atoms with Crippen molar-refractivity contribution >= 4 is 15.9 Å². The highest BCUT2D eigenvalue weighted by Crippen LogP contribution is 2.32. The molecule has 0 spiro atoms. The van der Waals surface area contributed by atoms with Gasteiger partial charge in [0.15, 0.2) is 0 Å². The minimum absolute atomic E-state index is 0.0305. The van der Waals surface area contributed by atoms with Gasteiger partial charge in [-0.3, -0.25) is 4.79 Å². The second-order valence-electron chi connectivity index (χ2n) is 8.57. The normalized spacial score (nSPS) is 18.7. The highest BCUT2D eigenvalue weighted by Gasteiger charge is 2.27. The molecule has 2 aromatic carbocycles. The van der Waals surface area contributed by atoms with E-state index in [0.29, 0.717) is 44.0 Å². The summed E-state index contributed by atoms with van der Waals surface area (Å²) in [7, 11) is -0.427. The minimum atomic E-state index is -3.62. The number of morpholine rings is 1. The molecule has 1 N–H and O–H groups in total. The number of ether oxygens (including phenoxy) is 3. The Morgan fingerprint density at radius 1 is 1.12 bits per heavy atom. The lowest BCUT2D eigenvalue weighted by atomic mass is 9.87. The van der Waals surface area contributed by atoms with Gasteiger partial charge in [-0.25, -0.2) is 8.42 Å². The first kappa shape index (κ1) is 24.5. The molecular weight excluding hydrogens is 456 g/mol. The summed E-state index contributed by atoms with van der Waals surface area (Å²) in [6, 6.07) is 10.8. The van der Waals surface area contributed by atoms with E-state index in [1.54, 1.807) is 32.4 Å². The number of aryl methyl sites for hydroxylation is 2. The molecule has 2 aromatic rings. The average molecular weight is 489 g/mol. The summed E-state index contributed by atoms with van der Waals surface area (Å²) in [4.78, 5) is 13.0. The summed E-state index contributed by atoms with van der Waals surface area (Å²) in [6.45, 7) is 1.45. The number of carbonyl (C=O) groups excluding carboxylic acids is 1. The Balaban J connectivity index is 1.44. The summed E-state index contributed by atoms with van der Waals surface area (Å²) in [5.74, 6) is 1.32. The first-order chi connectivity index (χ1) is 16.4. The number of carbonyl (C=O) groups is 1. The third kappa shape index (κ3) is 5.37. The highest BCUT2D eigenvalue weighted by atomic mass is 32.2. The van der Waals surface area contributed by atoms with Crippen molar-refractivity contribution in [3.05, 3.63) is 53.1 Å². The van der Waals surface area contributed by atoms with Crippen molar-refractivity contribution in [1.82, 2.24) is 9.62 Å². The molecule has 0 saturated carbocycles. The number of benzene rings is 2. The minimum Gasteiger partial charge on any atom is -0.497 e. The average Bonchev–Trinajstić information content (AvgIpc) is 2.87. The van der Waals surface area contributed by atoms with Crippen LogP contribution in [0.1, 0.15) is 42.0 Å². The maximum absolute atomic E-state index is 13.0. The van der Waals surface area contributed by atoms with Crippen LogP contribution in [0.25, 0.3) is 0 Å². The van der Waals surface area contributed by atoms with Crippen molar-refractivity contribution in [3.63, 3.8) is 0 Å². The highest BCUT2D eigenvalue weighted by molar-refractivity contribution is 7.89. The molecule has 1 heterocycles. The molecule has 1 fully saturated rings. The van der Waals surface area contributed by atoms with Crippen LogP contribution >= 0.6 is 0 Å². The molecule has 1 atom stereocenters. The van der Waals surface area contributed by atoms with E-state index in [0.717, 1.165) is 30.6 Å². The molecule has 1 aliphatic heterocycles. The number of fused-ring (bicyclic) bond motifs is 1. The fourth-order valence-electron chi connectivity index (χ4n) is 4.63. The molecule has 4 rings (SSSR count). The van der Waals surface area contributed by atoms with Crippen molar-refractivity contribution in [1.29, 1.82) is 0 Å². The number of nitrogens with zero attached hydrogens (tertiary/aromatic N) is 1. The molecule has 8 nitrogen and oxygen atoms in total. The van der Waals surface area contributed by atoms with Crippen LogP contribution < -0.4 is 14.8 Å². The maximum atomic E-state index is 13.0. The number of hydrogen-bond acceptors (Lipinski definition) is 6. The largest absolute Gasteiger partial charge is 0.497 e. The van der Waals surface area contributed by atoms with Crippen LogP contribution in [0.2, 0.25) is 0 Å². The molecule has 0 unspecified atom stereocenters. The summed E-state index contributed by atoms with van der Waals surface area (Å²) in [6.07, 6.45) is 3.48. The van der Waals surface area contributed by atoms with Gasteiger partial charge in [-0.2, -0.15) is 4.31 Å². The first-order valence-electron chi connectivity index (χ1n) is 11.6. The number of amides is 1. The molecule has 9 heteroatoms. The molecule has 34 heavy (non-hydrogen) atoms. The molecule has 1 saturated heterocycles. The Labute approximate surface area is 201 Å². The van der Waals surface area contributed by atoms with E-state index in [-0.39, 0.29) is 23.3 Å². The van der Waals surface area contributed by atoms with Gasteiger partial charge in [-0.15, -0.1) is 0 Å². The van der Waals surface area contributed by atoms with Gasteiger partial charge in [0.25, 0.3) is 0 Å². The van der Waals surface area contributed by atoms with Crippen LogP contribution in [0.3, 0.4) is 0 Å². The third-order valence-corrected chi connectivity index (χ3v) is 8.38. The van der Waals surface area contributed by atoms with Crippen molar-refractivity contribution in [2.45, 2.75) is 43.0 Å². The van der Waals surface area contributed by atoms with Crippen LogP contribution in [0, 0.1) is 0 Å². The Kier molecular flexibility index (Phi) is 7.75. The number of hydrogen-bond donors (Lipinski definition) is 1. The molecule has 0 aromatic heterocycles. The summed E-state index contributed by atoms with van der Waals surface area (Å²) >= 11 is 0. The Morgan fingerprint density at radius 2 is 1.91 bits per heavy atom. The van der Waals surface area contributed by atoms with Gasteiger partial charge >= 0.3 is 0 Å². The van der Waals surface area contributed by atoms with Gasteiger partial charge in [-0.05, 0) is 72.7 Å². The first-order valence-corrected chi connectivity index (χ1v) is 13.1. The third-order valence-electron chi connectivity index (χ3n) is 6.48. The zero-order valence-corrected chi connectivity index (χ0v) is 20.5. The predicted octanol–water partition coefficient (Wildman–Crippen LogP) is 2.85. The van der Waals surface area contributed by atoms with Gasteiger partial charge in [-0.1, -0.05) is 6.07 Å². The van der Waals surface area contributed by atoms with Gasteiger partial charge < -0.3 is 19.5 Å². The Morgan fingerprint density at radius 3 is 2.65 bits per heavy atom. The number of nitrogens with one attached hydrogen (secondary N) is 1. The van der Waals surface area contributed by atoms with E-state index in [1.165, 1.54) is 9.87 Å². The van der Waals surface area contributed by atoms with Gasteiger partial charge in [0, 0.05) is 19.5 Å². The van der Waals surface area contributed by atoms with E-state index in [4.69, 9.17) is 14.2 Å². The number of methoxy groups -OCH3 is 2. The fraction of sp³-hybridized carbons (Fsp3) is 0.480. The van der Waals surface area contributed by atoms with Crippen molar-refractivity contribution in [2.75, 3.05) is 40.5 Å². The topological polar surface area (TPSA) is 94.2 Å². The van der Waals surface area contributed by atoms with Crippen LogP contribution in [0.4, 0.5) is 0 Å². The Bertz CT molecular complexity index is 1130. The van der Waals surface area contributed by atoms with Crippen molar-refractivity contribution < 1.29 is 27.4 Å². The maximum Gasteiger partial charge on any atom is 0.243 e. The van der Waals surface area contributed by atoms with Crippen LogP contribution in [0.15, 0.2) is 41.3 Å². The van der Waals surface area contributed by atoms with Gasteiger partial charge in [0.1, 0.15) is 11.5 Å².